The van der Waals surface area contributed by atoms with E-state index < -0.39 is 34.1 Å². The number of aromatic nitrogens is 2. The average Bonchev–Trinajstić information content (AvgIpc) is 2.70. The summed E-state index contributed by atoms with van der Waals surface area (Å²) < 4.78 is 39.6. The van der Waals surface area contributed by atoms with Crippen LogP contribution in [-0.2, 0) is 6.18 Å². The second-order valence-corrected chi connectivity index (χ2v) is 4.52. The summed E-state index contributed by atoms with van der Waals surface area (Å²) in [6.07, 6.45) is -3.81. The van der Waals surface area contributed by atoms with Crippen LogP contribution in [-0.4, -0.2) is 20.9 Å². The van der Waals surface area contributed by atoms with Gasteiger partial charge in [0, 0.05) is 5.02 Å². The van der Waals surface area contributed by atoms with Gasteiger partial charge in [-0.3, -0.25) is 0 Å². The van der Waals surface area contributed by atoms with Crippen molar-refractivity contribution in [1.82, 2.24) is 9.78 Å². The minimum absolute atomic E-state index is 0.109. The fourth-order valence-electron chi connectivity index (χ4n) is 1.56. The number of aromatic carboxylic acids is 1. The minimum atomic E-state index is -4.68. The Labute approximate surface area is 120 Å². The van der Waals surface area contributed by atoms with Crippen molar-refractivity contribution >= 4 is 29.2 Å². The Bertz CT molecular complexity index is 683. The van der Waals surface area contributed by atoms with Gasteiger partial charge in [0.25, 0.3) is 0 Å². The van der Waals surface area contributed by atoms with Crippen LogP contribution >= 0.6 is 23.2 Å². The first-order chi connectivity index (χ1) is 9.21. The second kappa shape index (κ2) is 4.99. The molecule has 4 nitrogen and oxygen atoms in total. The molecule has 0 aliphatic rings. The molecule has 0 bridgehead atoms. The summed E-state index contributed by atoms with van der Waals surface area (Å²) >= 11 is 11.3. The molecule has 1 aromatic carbocycles. The lowest BCUT2D eigenvalue weighted by atomic mass is 10.1. The molecule has 1 N–H and O–H groups in total. The van der Waals surface area contributed by atoms with Crippen molar-refractivity contribution in [2.24, 2.45) is 0 Å². The first-order valence-electron chi connectivity index (χ1n) is 5.05. The van der Waals surface area contributed by atoms with Gasteiger partial charge in [-0.05, 0) is 18.2 Å². The largest absolute Gasteiger partial charge is 0.478 e. The molecule has 9 heteroatoms. The Morgan fingerprint density at radius 3 is 2.45 bits per heavy atom. The minimum Gasteiger partial charge on any atom is -0.478 e. The number of hydrogen-bond acceptors (Lipinski definition) is 2. The predicted molar refractivity (Wildman–Crippen MR) is 65.5 cm³/mol. The van der Waals surface area contributed by atoms with Crippen molar-refractivity contribution in [1.29, 1.82) is 0 Å². The van der Waals surface area contributed by atoms with E-state index in [9.17, 15) is 18.0 Å². The van der Waals surface area contributed by atoms with Crippen LogP contribution in [0.5, 0.6) is 0 Å². The van der Waals surface area contributed by atoms with Crippen molar-refractivity contribution in [3.8, 4) is 5.69 Å². The van der Waals surface area contributed by atoms with Crippen molar-refractivity contribution < 1.29 is 23.1 Å². The van der Waals surface area contributed by atoms with E-state index in [1.165, 1.54) is 6.07 Å². The van der Waals surface area contributed by atoms with Gasteiger partial charge in [0.05, 0.1) is 17.4 Å². The molecule has 0 aliphatic heterocycles. The molecule has 0 saturated heterocycles. The first kappa shape index (κ1) is 14.7. The van der Waals surface area contributed by atoms with Crippen LogP contribution in [0.1, 0.15) is 15.9 Å². The highest BCUT2D eigenvalue weighted by Gasteiger charge is 2.35. The Morgan fingerprint density at radius 1 is 1.30 bits per heavy atom. The Kier molecular flexibility index (Phi) is 3.66. The van der Waals surface area contributed by atoms with Gasteiger partial charge in [0.2, 0.25) is 0 Å². The zero-order chi connectivity index (χ0) is 15.1. The number of halogens is 5. The lowest BCUT2D eigenvalue weighted by molar-refractivity contribution is -0.137. The smallest absolute Gasteiger partial charge is 0.418 e. The monoisotopic (exact) mass is 324 g/mol. The van der Waals surface area contributed by atoms with E-state index in [2.05, 4.69) is 5.10 Å². The fraction of sp³-hybridized carbons (Fsp3) is 0.0909. The summed E-state index contributed by atoms with van der Waals surface area (Å²) in [5.41, 5.74) is -1.86. The number of carboxylic acids is 1. The third-order valence-corrected chi connectivity index (χ3v) is 3.03. The zero-order valence-corrected chi connectivity index (χ0v) is 11.0. The van der Waals surface area contributed by atoms with Crippen LogP contribution < -0.4 is 0 Å². The maximum absolute atomic E-state index is 13.0. The van der Waals surface area contributed by atoms with Crippen LogP contribution in [0.25, 0.3) is 5.69 Å². The first-order valence-corrected chi connectivity index (χ1v) is 5.81. The predicted octanol–water partition coefficient (Wildman–Crippen LogP) is 3.90. The van der Waals surface area contributed by atoms with Crippen LogP contribution in [0, 0.1) is 0 Å². The lowest BCUT2D eigenvalue weighted by Gasteiger charge is -2.13. The van der Waals surface area contributed by atoms with E-state index in [4.69, 9.17) is 28.3 Å². The number of benzene rings is 1. The van der Waals surface area contributed by atoms with E-state index in [0.717, 1.165) is 18.3 Å². The molecule has 0 saturated carbocycles. The van der Waals surface area contributed by atoms with E-state index in [1.54, 1.807) is 0 Å². The van der Waals surface area contributed by atoms with E-state index in [0.29, 0.717) is 4.68 Å². The highest BCUT2D eigenvalue weighted by molar-refractivity contribution is 6.32. The summed E-state index contributed by atoms with van der Waals surface area (Å²) in [4.78, 5) is 10.8. The van der Waals surface area contributed by atoms with Crippen LogP contribution in [0.3, 0.4) is 0 Å². The average molecular weight is 325 g/mol. The summed E-state index contributed by atoms with van der Waals surface area (Å²) in [7, 11) is 0. The normalized spacial score (nSPS) is 11.7. The number of nitrogens with zero attached hydrogens (tertiary/aromatic N) is 2. The summed E-state index contributed by atoms with van der Waals surface area (Å²) in [6.45, 7) is 0. The molecular weight excluding hydrogens is 320 g/mol. The molecule has 0 fully saturated rings. The summed E-state index contributed by atoms with van der Waals surface area (Å²) in [5, 5.41) is 11.9. The van der Waals surface area contributed by atoms with E-state index in [-0.39, 0.29) is 5.02 Å². The zero-order valence-electron chi connectivity index (χ0n) is 9.45. The molecule has 0 atom stereocenters. The van der Waals surface area contributed by atoms with Gasteiger partial charge in [-0.25, -0.2) is 9.48 Å². The van der Waals surface area contributed by atoms with E-state index in [1.807, 2.05) is 0 Å². The maximum atomic E-state index is 13.0. The Morgan fingerprint density at radius 2 is 1.95 bits per heavy atom. The molecule has 20 heavy (non-hydrogen) atoms. The number of hydrogen-bond donors (Lipinski definition) is 1. The van der Waals surface area contributed by atoms with Gasteiger partial charge in [0.15, 0.2) is 0 Å². The Balaban J connectivity index is 2.68. The molecule has 106 valence electrons. The molecular formula is C11H5Cl2F3N2O2. The number of carbonyl (C=O) groups is 1. The highest BCUT2D eigenvalue weighted by Crippen LogP contribution is 2.36. The second-order valence-electron chi connectivity index (χ2n) is 3.73. The van der Waals surface area contributed by atoms with Gasteiger partial charge in [-0.1, -0.05) is 23.2 Å². The molecule has 0 aliphatic carbocycles. The van der Waals surface area contributed by atoms with Gasteiger partial charge in [0.1, 0.15) is 10.7 Å². The number of carboxylic acid groups (broad SMARTS) is 1. The third kappa shape index (κ3) is 2.59. The molecule has 2 aromatic rings. The van der Waals surface area contributed by atoms with Gasteiger partial charge < -0.3 is 5.11 Å². The van der Waals surface area contributed by atoms with Crippen LogP contribution in [0.15, 0.2) is 24.4 Å². The van der Waals surface area contributed by atoms with Crippen LogP contribution in [0.4, 0.5) is 13.2 Å². The topological polar surface area (TPSA) is 55.1 Å². The van der Waals surface area contributed by atoms with Crippen molar-refractivity contribution in [3.05, 3.63) is 45.7 Å². The van der Waals surface area contributed by atoms with Crippen LogP contribution in [0.2, 0.25) is 10.2 Å². The van der Waals surface area contributed by atoms with Crippen molar-refractivity contribution in [2.75, 3.05) is 0 Å². The molecule has 0 radical (unpaired) electrons. The molecule has 1 aromatic heterocycles. The summed E-state index contributed by atoms with van der Waals surface area (Å²) in [6, 6.07) is 3.01. The molecule has 1 heterocycles. The lowest BCUT2D eigenvalue weighted by Crippen LogP contribution is -2.12. The standard InChI is InChI=1S/C11H5Cl2F3N2O2/c12-5-1-2-8(7(3-5)11(14,15)16)18-9(13)6(4-17-18)10(19)20/h1-4H,(H,19,20). The summed E-state index contributed by atoms with van der Waals surface area (Å²) in [5.74, 6) is -1.39. The third-order valence-electron chi connectivity index (χ3n) is 2.43. The molecule has 2 rings (SSSR count). The van der Waals surface area contributed by atoms with Crippen molar-refractivity contribution in [3.63, 3.8) is 0 Å². The number of alkyl halides is 3. The quantitative estimate of drug-likeness (QED) is 0.911. The maximum Gasteiger partial charge on any atom is 0.418 e. The molecule has 0 spiro atoms. The molecule has 0 amide bonds. The number of rotatable bonds is 2. The highest BCUT2D eigenvalue weighted by atomic mass is 35.5. The van der Waals surface area contributed by atoms with E-state index >= 15 is 0 Å². The Hall–Kier alpha value is -1.73. The van der Waals surface area contributed by atoms with Crippen molar-refractivity contribution in [2.45, 2.75) is 6.18 Å². The SMILES string of the molecule is O=C(O)c1cnn(-c2ccc(Cl)cc2C(F)(F)F)c1Cl. The molecule has 0 unspecified atom stereocenters. The van der Waals surface area contributed by atoms with Gasteiger partial charge in [-0.2, -0.15) is 18.3 Å². The van der Waals surface area contributed by atoms with Gasteiger partial charge in [-0.15, -0.1) is 0 Å². The van der Waals surface area contributed by atoms with Gasteiger partial charge >= 0.3 is 12.1 Å². The fourth-order valence-corrected chi connectivity index (χ4v) is 2.00.